The van der Waals surface area contributed by atoms with Crippen LogP contribution in [0.2, 0.25) is 0 Å². The second-order valence-corrected chi connectivity index (χ2v) is 6.49. The Hall–Kier alpha value is -1.06. The van der Waals surface area contributed by atoms with Gasteiger partial charge in [-0.25, -0.2) is 0 Å². The molecule has 19 heavy (non-hydrogen) atoms. The molecule has 3 N–H and O–H groups in total. The van der Waals surface area contributed by atoms with E-state index < -0.39 is 6.10 Å². The normalized spacial score (nSPS) is 13.6. The molecule has 3 heteroatoms. The summed E-state index contributed by atoms with van der Waals surface area (Å²) in [4.78, 5) is 0. The quantitative estimate of drug-likeness (QED) is 0.826. The Morgan fingerprint density at radius 1 is 1.16 bits per heavy atom. The van der Waals surface area contributed by atoms with Crippen molar-refractivity contribution in [2.75, 3.05) is 13.2 Å². The maximum Gasteiger partial charge on any atom is 0.137 e. The maximum atomic E-state index is 9.86. The third-order valence-corrected chi connectivity index (χ3v) is 2.99. The van der Waals surface area contributed by atoms with Crippen LogP contribution in [0.3, 0.4) is 0 Å². The Morgan fingerprint density at radius 2 is 1.74 bits per heavy atom. The van der Waals surface area contributed by atoms with Gasteiger partial charge in [0.25, 0.3) is 0 Å². The summed E-state index contributed by atoms with van der Waals surface area (Å²) >= 11 is 0. The first-order valence-electron chi connectivity index (χ1n) is 7.03. The molecule has 0 aliphatic heterocycles. The van der Waals surface area contributed by atoms with Gasteiger partial charge in [0.2, 0.25) is 0 Å². The molecule has 0 bridgehead atoms. The fourth-order valence-electron chi connectivity index (χ4n) is 1.70. The van der Waals surface area contributed by atoms with Gasteiger partial charge in [0.05, 0.1) is 5.54 Å². The Balaban J connectivity index is 2.35. The van der Waals surface area contributed by atoms with E-state index in [1.165, 1.54) is 5.56 Å². The monoisotopic (exact) mass is 266 g/mol. The van der Waals surface area contributed by atoms with Crippen molar-refractivity contribution < 1.29 is 15.2 Å². The number of quaternary nitrogens is 1. The van der Waals surface area contributed by atoms with Crippen LogP contribution in [0.5, 0.6) is 5.75 Å². The fourth-order valence-corrected chi connectivity index (χ4v) is 1.70. The molecule has 1 aromatic rings. The summed E-state index contributed by atoms with van der Waals surface area (Å²) in [5, 5.41) is 12.0. The minimum absolute atomic E-state index is 0.139. The molecule has 108 valence electrons. The summed E-state index contributed by atoms with van der Waals surface area (Å²) < 4.78 is 5.60. The van der Waals surface area contributed by atoms with Crippen molar-refractivity contribution in [1.82, 2.24) is 0 Å². The minimum Gasteiger partial charge on any atom is -0.491 e. The zero-order chi connectivity index (χ0) is 14.5. The topological polar surface area (TPSA) is 46.1 Å². The van der Waals surface area contributed by atoms with Gasteiger partial charge in [-0.15, -0.1) is 0 Å². The third kappa shape index (κ3) is 6.60. The number of aliphatic hydroxyl groups is 1. The van der Waals surface area contributed by atoms with Gasteiger partial charge in [0.15, 0.2) is 0 Å². The molecule has 0 unspecified atom stereocenters. The van der Waals surface area contributed by atoms with Crippen molar-refractivity contribution in [1.29, 1.82) is 0 Å². The van der Waals surface area contributed by atoms with E-state index in [1.807, 2.05) is 12.1 Å². The van der Waals surface area contributed by atoms with E-state index in [0.29, 0.717) is 19.1 Å². The Labute approximate surface area is 117 Å². The lowest BCUT2D eigenvalue weighted by Crippen LogP contribution is -2.96. The molecule has 1 rings (SSSR count). The molecule has 0 aromatic heterocycles. The summed E-state index contributed by atoms with van der Waals surface area (Å²) in [6.07, 6.45) is -0.441. The Morgan fingerprint density at radius 3 is 2.21 bits per heavy atom. The van der Waals surface area contributed by atoms with Crippen LogP contribution in [0.15, 0.2) is 24.3 Å². The molecule has 0 aliphatic rings. The molecular weight excluding hydrogens is 238 g/mol. The van der Waals surface area contributed by atoms with Crippen molar-refractivity contribution in [3.8, 4) is 5.75 Å². The van der Waals surface area contributed by atoms with Crippen LogP contribution < -0.4 is 10.1 Å². The molecule has 0 fully saturated rings. The van der Waals surface area contributed by atoms with E-state index in [-0.39, 0.29) is 5.54 Å². The number of aliphatic hydroxyl groups excluding tert-OH is 1. The maximum absolute atomic E-state index is 9.86. The van der Waals surface area contributed by atoms with Crippen LogP contribution >= 0.6 is 0 Å². The van der Waals surface area contributed by atoms with Crippen LogP contribution in [0.4, 0.5) is 0 Å². The van der Waals surface area contributed by atoms with Crippen LogP contribution in [0.25, 0.3) is 0 Å². The van der Waals surface area contributed by atoms with Gasteiger partial charge in [-0.3, -0.25) is 0 Å². The van der Waals surface area contributed by atoms with E-state index in [4.69, 9.17) is 4.74 Å². The van der Waals surface area contributed by atoms with Gasteiger partial charge in [-0.1, -0.05) is 26.0 Å². The van der Waals surface area contributed by atoms with Crippen molar-refractivity contribution in [3.05, 3.63) is 29.8 Å². The average Bonchev–Trinajstić information content (AvgIpc) is 2.33. The lowest BCUT2D eigenvalue weighted by molar-refractivity contribution is -0.722. The summed E-state index contributed by atoms with van der Waals surface area (Å²) in [6, 6.07) is 8.09. The second kappa shape index (κ2) is 6.92. The van der Waals surface area contributed by atoms with Gasteiger partial charge in [0, 0.05) is 0 Å². The minimum atomic E-state index is -0.441. The number of hydrogen-bond acceptors (Lipinski definition) is 2. The van der Waals surface area contributed by atoms with Gasteiger partial charge in [-0.05, 0) is 44.4 Å². The smallest absolute Gasteiger partial charge is 0.137 e. The van der Waals surface area contributed by atoms with E-state index in [2.05, 4.69) is 52.1 Å². The zero-order valence-corrected chi connectivity index (χ0v) is 12.8. The second-order valence-electron chi connectivity index (χ2n) is 6.49. The summed E-state index contributed by atoms with van der Waals surface area (Å²) in [6.45, 7) is 11.7. The van der Waals surface area contributed by atoms with Crippen LogP contribution in [0, 0.1) is 0 Å². The molecule has 0 radical (unpaired) electrons. The average molecular weight is 266 g/mol. The highest BCUT2D eigenvalue weighted by Gasteiger charge is 2.16. The van der Waals surface area contributed by atoms with Gasteiger partial charge in [0.1, 0.15) is 25.0 Å². The van der Waals surface area contributed by atoms with Gasteiger partial charge >= 0.3 is 0 Å². The van der Waals surface area contributed by atoms with E-state index >= 15 is 0 Å². The number of ether oxygens (including phenoxy) is 1. The lowest BCUT2D eigenvalue weighted by Gasteiger charge is -2.19. The van der Waals surface area contributed by atoms with Gasteiger partial charge in [-0.2, -0.15) is 0 Å². The van der Waals surface area contributed by atoms with Crippen molar-refractivity contribution in [2.45, 2.75) is 52.2 Å². The highest BCUT2D eigenvalue weighted by atomic mass is 16.5. The predicted octanol–water partition coefficient (Wildman–Crippen LogP) is 1.91. The van der Waals surface area contributed by atoms with Crippen molar-refractivity contribution in [2.24, 2.45) is 0 Å². The van der Waals surface area contributed by atoms with E-state index in [0.717, 1.165) is 5.75 Å². The summed E-state index contributed by atoms with van der Waals surface area (Å²) in [7, 11) is 0. The van der Waals surface area contributed by atoms with Crippen LogP contribution in [0.1, 0.15) is 46.1 Å². The standard InChI is InChI=1S/C16H27NO2/c1-12(2)13-6-8-15(9-7-13)19-11-14(18)10-17-16(3,4)5/h6-9,12,14,17-18H,10-11H2,1-5H3/p+1/t14-/m0/s1. The zero-order valence-electron chi connectivity index (χ0n) is 12.8. The molecule has 0 saturated heterocycles. The van der Waals surface area contributed by atoms with E-state index in [9.17, 15) is 5.11 Å². The lowest BCUT2D eigenvalue weighted by atomic mass is 10.0. The first kappa shape index (κ1) is 16.0. The summed E-state index contributed by atoms with van der Waals surface area (Å²) in [5.74, 6) is 1.35. The Kier molecular flexibility index (Phi) is 5.83. The summed E-state index contributed by atoms with van der Waals surface area (Å²) in [5.41, 5.74) is 1.44. The highest BCUT2D eigenvalue weighted by Crippen LogP contribution is 2.18. The third-order valence-electron chi connectivity index (χ3n) is 2.99. The molecule has 0 heterocycles. The molecule has 0 saturated carbocycles. The van der Waals surface area contributed by atoms with Crippen molar-refractivity contribution >= 4 is 0 Å². The molecular formula is C16H28NO2+. The largest absolute Gasteiger partial charge is 0.491 e. The number of rotatable bonds is 6. The molecule has 3 nitrogen and oxygen atoms in total. The molecule has 1 aromatic carbocycles. The fraction of sp³-hybridized carbons (Fsp3) is 0.625. The number of hydrogen-bond donors (Lipinski definition) is 2. The first-order chi connectivity index (χ1) is 8.78. The molecule has 0 aliphatic carbocycles. The number of nitrogens with two attached hydrogens (primary N) is 1. The van der Waals surface area contributed by atoms with Crippen LogP contribution in [-0.4, -0.2) is 29.9 Å². The van der Waals surface area contributed by atoms with Crippen LogP contribution in [-0.2, 0) is 0 Å². The van der Waals surface area contributed by atoms with E-state index in [1.54, 1.807) is 0 Å². The molecule has 1 atom stereocenters. The van der Waals surface area contributed by atoms with Gasteiger partial charge < -0.3 is 15.2 Å². The molecule has 0 amide bonds. The SMILES string of the molecule is CC(C)c1ccc(OC[C@@H](O)C[NH2+]C(C)(C)C)cc1. The van der Waals surface area contributed by atoms with Crippen molar-refractivity contribution in [3.63, 3.8) is 0 Å². The predicted molar refractivity (Wildman–Crippen MR) is 78.6 cm³/mol. The molecule has 0 spiro atoms. The first-order valence-corrected chi connectivity index (χ1v) is 7.03. The highest BCUT2D eigenvalue weighted by molar-refractivity contribution is 5.28. The number of benzene rings is 1. The Bertz CT molecular complexity index is 365.